The third-order valence-corrected chi connectivity index (χ3v) is 5.53. The zero-order chi connectivity index (χ0) is 16.4. The van der Waals surface area contributed by atoms with Crippen LogP contribution in [-0.4, -0.2) is 37.2 Å². The largest absolute Gasteiger partial charge is 0.309 e. The number of aromatic nitrogens is 4. The number of aromatic amines is 1. The molecule has 1 aliphatic carbocycles. The van der Waals surface area contributed by atoms with E-state index in [4.69, 9.17) is 0 Å². The van der Waals surface area contributed by atoms with E-state index in [1.165, 1.54) is 19.3 Å². The van der Waals surface area contributed by atoms with Crippen molar-refractivity contribution < 1.29 is 0 Å². The first-order valence-corrected chi connectivity index (χ1v) is 8.40. The molecule has 2 aromatic rings. The lowest BCUT2D eigenvalue weighted by molar-refractivity contribution is 0.126. The van der Waals surface area contributed by atoms with E-state index in [-0.39, 0.29) is 5.56 Å². The van der Waals surface area contributed by atoms with Crippen molar-refractivity contribution in [2.24, 2.45) is 17.9 Å². The van der Waals surface area contributed by atoms with Crippen molar-refractivity contribution in [2.45, 2.75) is 52.6 Å². The minimum atomic E-state index is -0.0909. The predicted octanol–water partition coefficient (Wildman–Crippen LogP) is 2.06. The molecule has 3 heterocycles. The highest BCUT2D eigenvalue weighted by Gasteiger charge is 2.49. The predicted molar refractivity (Wildman–Crippen MR) is 89.1 cm³/mol. The second kappa shape index (κ2) is 4.66. The first-order valence-electron chi connectivity index (χ1n) is 8.40. The summed E-state index contributed by atoms with van der Waals surface area (Å²) in [5.41, 5.74) is 1.37. The van der Waals surface area contributed by atoms with Crippen LogP contribution in [0.5, 0.6) is 0 Å². The maximum Gasteiger partial charge on any atom is 0.262 e. The van der Waals surface area contributed by atoms with Crippen molar-refractivity contribution >= 4 is 11.0 Å². The van der Waals surface area contributed by atoms with Gasteiger partial charge in [-0.25, -0.2) is 4.98 Å². The average molecular weight is 315 g/mol. The van der Waals surface area contributed by atoms with Gasteiger partial charge in [-0.3, -0.25) is 14.4 Å². The van der Waals surface area contributed by atoms with Crippen LogP contribution in [0.3, 0.4) is 0 Å². The second-order valence-corrected chi connectivity index (χ2v) is 8.64. The fourth-order valence-corrected chi connectivity index (χ4v) is 5.11. The third-order valence-electron chi connectivity index (χ3n) is 5.53. The van der Waals surface area contributed by atoms with Gasteiger partial charge in [0.25, 0.3) is 5.56 Å². The highest BCUT2D eigenvalue weighted by Crippen LogP contribution is 2.52. The lowest BCUT2D eigenvalue weighted by atomic mass is 9.65. The molecule has 1 saturated carbocycles. The van der Waals surface area contributed by atoms with Gasteiger partial charge < -0.3 is 4.98 Å². The molecular weight excluding hydrogens is 290 g/mol. The van der Waals surface area contributed by atoms with Gasteiger partial charge in [-0.05, 0) is 30.1 Å². The molecular formula is C17H25N5O. The monoisotopic (exact) mass is 315 g/mol. The fraction of sp³-hybridized carbons (Fsp3) is 0.706. The number of hydrogen-bond donors (Lipinski definition) is 1. The third kappa shape index (κ3) is 2.49. The summed E-state index contributed by atoms with van der Waals surface area (Å²) in [6, 6.07) is 0.594. The molecule has 0 spiro atoms. The van der Waals surface area contributed by atoms with Gasteiger partial charge in [0.2, 0.25) is 0 Å². The lowest BCUT2D eigenvalue weighted by Crippen LogP contribution is -2.35. The number of nitrogens with one attached hydrogen (secondary N) is 1. The summed E-state index contributed by atoms with van der Waals surface area (Å²) in [5, 5.41) is 4.69. The van der Waals surface area contributed by atoms with Gasteiger partial charge >= 0.3 is 0 Å². The maximum atomic E-state index is 12.2. The van der Waals surface area contributed by atoms with Crippen molar-refractivity contribution in [3.63, 3.8) is 0 Å². The molecule has 2 atom stereocenters. The van der Waals surface area contributed by atoms with Crippen molar-refractivity contribution in [3.8, 4) is 0 Å². The van der Waals surface area contributed by atoms with Crippen LogP contribution in [0.15, 0.2) is 11.0 Å². The van der Waals surface area contributed by atoms with Crippen LogP contribution in [0.2, 0.25) is 0 Å². The van der Waals surface area contributed by atoms with Crippen molar-refractivity contribution in [1.82, 2.24) is 24.6 Å². The van der Waals surface area contributed by atoms with E-state index in [0.29, 0.717) is 34.4 Å². The van der Waals surface area contributed by atoms with E-state index in [9.17, 15) is 4.79 Å². The molecule has 2 bridgehead atoms. The zero-order valence-corrected chi connectivity index (χ0v) is 14.4. The highest BCUT2D eigenvalue weighted by molar-refractivity contribution is 5.72. The molecule has 0 radical (unpaired) electrons. The first-order chi connectivity index (χ1) is 10.7. The van der Waals surface area contributed by atoms with E-state index in [1.807, 2.05) is 7.05 Å². The number of hydrogen-bond acceptors (Lipinski definition) is 4. The molecule has 124 valence electrons. The Labute approximate surface area is 135 Å². The Kier molecular flexibility index (Phi) is 3.01. The summed E-state index contributed by atoms with van der Waals surface area (Å²) < 4.78 is 1.67. The summed E-state index contributed by atoms with van der Waals surface area (Å²) in [5.74, 6) is 0.750. The molecule has 1 saturated heterocycles. The van der Waals surface area contributed by atoms with E-state index in [1.54, 1.807) is 10.9 Å². The van der Waals surface area contributed by atoms with Crippen molar-refractivity contribution in [3.05, 3.63) is 22.4 Å². The van der Waals surface area contributed by atoms with Gasteiger partial charge in [-0.2, -0.15) is 5.10 Å². The minimum absolute atomic E-state index is 0.0909. The molecule has 2 aromatic heterocycles. The Bertz CT molecular complexity index is 820. The Morgan fingerprint density at radius 2 is 2.13 bits per heavy atom. The number of fused-ring (bicyclic) bond motifs is 3. The Morgan fingerprint density at radius 1 is 1.35 bits per heavy atom. The van der Waals surface area contributed by atoms with Gasteiger partial charge in [0.15, 0.2) is 5.65 Å². The van der Waals surface area contributed by atoms with E-state index < -0.39 is 0 Å². The quantitative estimate of drug-likeness (QED) is 0.921. The molecule has 0 aromatic carbocycles. The SMILES string of the molecule is Cn1ncc2c(=O)[nH]c(CN3CC4(C)CC3CC(C)(C)C4)nc21. The van der Waals surface area contributed by atoms with E-state index in [2.05, 4.69) is 40.7 Å². The van der Waals surface area contributed by atoms with Gasteiger partial charge in [0.05, 0.1) is 12.7 Å². The van der Waals surface area contributed by atoms with Crippen LogP contribution in [0.25, 0.3) is 11.0 Å². The summed E-state index contributed by atoms with van der Waals surface area (Å²) in [6.45, 7) is 8.97. The highest BCUT2D eigenvalue weighted by atomic mass is 16.1. The molecule has 23 heavy (non-hydrogen) atoms. The number of H-pyrrole nitrogens is 1. The smallest absolute Gasteiger partial charge is 0.262 e. The molecule has 4 rings (SSSR count). The van der Waals surface area contributed by atoms with Gasteiger partial charge in [-0.1, -0.05) is 20.8 Å². The normalized spacial score (nSPS) is 30.2. The lowest BCUT2D eigenvalue weighted by Gasteiger charge is -2.39. The second-order valence-electron chi connectivity index (χ2n) is 8.64. The van der Waals surface area contributed by atoms with E-state index >= 15 is 0 Å². The maximum absolute atomic E-state index is 12.2. The molecule has 1 aliphatic heterocycles. The van der Waals surface area contributed by atoms with Crippen LogP contribution in [0.4, 0.5) is 0 Å². The van der Waals surface area contributed by atoms with Crippen LogP contribution >= 0.6 is 0 Å². The number of nitrogens with zero attached hydrogens (tertiary/aromatic N) is 4. The summed E-state index contributed by atoms with van der Waals surface area (Å²) >= 11 is 0. The Balaban J connectivity index is 1.64. The van der Waals surface area contributed by atoms with Crippen LogP contribution < -0.4 is 5.56 Å². The van der Waals surface area contributed by atoms with E-state index in [0.717, 1.165) is 12.4 Å². The van der Waals surface area contributed by atoms with Crippen LogP contribution in [0, 0.1) is 10.8 Å². The first kappa shape index (κ1) is 14.9. The number of aryl methyl sites for hydroxylation is 1. The van der Waals surface area contributed by atoms with Gasteiger partial charge in [-0.15, -0.1) is 0 Å². The molecule has 2 unspecified atom stereocenters. The van der Waals surface area contributed by atoms with Crippen LogP contribution in [0.1, 0.15) is 45.9 Å². The van der Waals surface area contributed by atoms with Crippen molar-refractivity contribution in [2.75, 3.05) is 6.54 Å². The summed E-state index contributed by atoms with van der Waals surface area (Å²) in [7, 11) is 1.82. The standard InChI is InChI=1S/C17H25N5O/c1-16(2)5-11-6-17(3,9-16)10-22(11)8-13-19-14-12(15(23)20-13)7-18-21(14)4/h7,11H,5-6,8-10H2,1-4H3,(H,19,20,23). The van der Waals surface area contributed by atoms with Gasteiger partial charge in [0.1, 0.15) is 11.2 Å². The number of rotatable bonds is 2. The van der Waals surface area contributed by atoms with Crippen molar-refractivity contribution in [1.29, 1.82) is 0 Å². The molecule has 6 nitrogen and oxygen atoms in total. The molecule has 0 amide bonds. The Hall–Kier alpha value is -1.69. The summed E-state index contributed by atoms with van der Waals surface area (Å²) in [6.07, 6.45) is 5.34. The zero-order valence-electron chi connectivity index (χ0n) is 14.4. The molecule has 6 heteroatoms. The Morgan fingerprint density at radius 3 is 2.91 bits per heavy atom. The summed E-state index contributed by atoms with van der Waals surface area (Å²) in [4.78, 5) is 22.3. The van der Waals surface area contributed by atoms with Crippen LogP contribution in [-0.2, 0) is 13.6 Å². The fourth-order valence-electron chi connectivity index (χ4n) is 5.11. The molecule has 2 aliphatic rings. The minimum Gasteiger partial charge on any atom is -0.309 e. The topological polar surface area (TPSA) is 66.8 Å². The number of likely N-dealkylation sites (tertiary alicyclic amines) is 1. The van der Waals surface area contributed by atoms with Gasteiger partial charge in [0, 0.05) is 19.6 Å². The molecule has 2 fully saturated rings. The average Bonchev–Trinajstić information content (AvgIpc) is 2.88. The molecule has 1 N–H and O–H groups in total.